The molecule has 0 atom stereocenters. The molecule has 0 bridgehead atoms. The van der Waals surface area contributed by atoms with E-state index in [0.29, 0.717) is 17.8 Å². The van der Waals surface area contributed by atoms with Crippen LogP contribution in [0, 0.1) is 0 Å². The van der Waals surface area contributed by atoms with Crippen molar-refractivity contribution in [1.29, 1.82) is 0 Å². The second-order valence-corrected chi connectivity index (χ2v) is 5.73. The van der Waals surface area contributed by atoms with Crippen molar-refractivity contribution in [1.82, 2.24) is 10.2 Å². The number of hydrogen-bond donors (Lipinski definition) is 2. The number of benzene rings is 1. The predicted molar refractivity (Wildman–Crippen MR) is 79.7 cm³/mol. The lowest BCUT2D eigenvalue weighted by Gasteiger charge is -2.38. The Bertz CT molecular complexity index is 474. The van der Waals surface area contributed by atoms with Crippen molar-refractivity contribution in [3.63, 3.8) is 0 Å². The van der Waals surface area contributed by atoms with Gasteiger partial charge in [-0.05, 0) is 26.0 Å². The first kappa shape index (κ1) is 14.8. The fourth-order valence-corrected chi connectivity index (χ4v) is 2.43. The first-order valence-electron chi connectivity index (χ1n) is 6.97. The quantitative estimate of drug-likeness (QED) is 0.809. The molecule has 0 unspecified atom stereocenters. The predicted octanol–water partition coefficient (Wildman–Crippen LogP) is 1.11. The Kier molecular flexibility index (Phi) is 4.62. The van der Waals surface area contributed by atoms with E-state index >= 15 is 0 Å². The molecule has 1 aromatic rings. The number of nitrogens with one attached hydrogen (secondary N) is 1. The van der Waals surface area contributed by atoms with Gasteiger partial charge in [0.25, 0.3) is 5.91 Å². The third kappa shape index (κ3) is 3.95. The van der Waals surface area contributed by atoms with Crippen LogP contribution >= 0.6 is 0 Å². The van der Waals surface area contributed by atoms with Crippen LogP contribution in [0.5, 0.6) is 0 Å². The molecule has 3 N–H and O–H groups in total. The summed E-state index contributed by atoms with van der Waals surface area (Å²) < 4.78 is 5.66. The number of para-hydroxylation sites is 1. The summed E-state index contributed by atoms with van der Waals surface area (Å²) in [6.07, 6.45) is 0. The zero-order valence-corrected chi connectivity index (χ0v) is 12.2. The van der Waals surface area contributed by atoms with E-state index in [1.807, 2.05) is 12.1 Å². The van der Waals surface area contributed by atoms with Crippen LogP contribution in [-0.4, -0.2) is 49.2 Å². The smallest absolute Gasteiger partial charge is 0.253 e. The van der Waals surface area contributed by atoms with Gasteiger partial charge in [0, 0.05) is 31.9 Å². The van der Waals surface area contributed by atoms with Gasteiger partial charge in [-0.1, -0.05) is 12.1 Å². The number of ether oxygens (including phenoxy) is 1. The van der Waals surface area contributed by atoms with Gasteiger partial charge < -0.3 is 15.8 Å². The minimum Gasteiger partial charge on any atom is -0.398 e. The van der Waals surface area contributed by atoms with Crippen molar-refractivity contribution in [2.45, 2.75) is 19.4 Å². The number of rotatable bonds is 4. The minimum atomic E-state index is -0.115. The maximum absolute atomic E-state index is 12.0. The van der Waals surface area contributed by atoms with E-state index in [4.69, 9.17) is 10.5 Å². The number of nitrogen functional groups attached to an aromatic ring is 1. The lowest BCUT2D eigenvalue weighted by Crippen LogP contribution is -2.50. The van der Waals surface area contributed by atoms with Gasteiger partial charge >= 0.3 is 0 Å². The fourth-order valence-electron chi connectivity index (χ4n) is 2.43. The Morgan fingerprint density at radius 1 is 1.45 bits per heavy atom. The topological polar surface area (TPSA) is 67.6 Å². The minimum absolute atomic E-state index is 0.105. The Balaban J connectivity index is 1.79. The van der Waals surface area contributed by atoms with E-state index in [-0.39, 0.29) is 11.5 Å². The number of nitrogens with two attached hydrogens (primary N) is 1. The highest BCUT2D eigenvalue weighted by Crippen LogP contribution is 2.15. The van der Waals surface area contributed by atoms with Gasteiger partial charge in [0.05, 0.1) is 17.8 Å². The van der Waals surface area contributed by atoms with E-state index in [1.165, 1.54) is 0 Å². The summed E-state index contributed by atoms with van der Waals surface area (Å²) in [7, 11) is 0. The molecule has 0 aromatic heterocycles. The molecule has 1 heterocycles. The number of hydrogen-bond acceptors (Lipinski definition) is 4. The number of anilines is 1. The van der Waals surface area contributed by atoms with Gasteiger partial charge in [0.1, 0.15) is 0 Å². The van der Waals surface area contributed by atoms with Crippen LogP contribution in [0.2, 0.25) is 0 Å². The summed E-state index contributed by atoms with van der Waals surface area (Å²) in [5.41, 5.74) is 6.73. The van der Waals surface area contributed by atoms with Crippen LogP contribution < -0.4 is 11.1 Å². The maximum atomic E-state index is 12.0. The Morgan fingerprint density at radius 2 is 2.20 bits per heavy atom. The van der Waals surface area contributed by atoms with Gasteiger partial charge in [-0.25, -0.2) is 0 Å². The van der Waals surface area contributed by atoms with E-state index < -0.39 is 0 Å². The van der Waals surface area contributed by atoms with Gasteiger partial charge in [0.2, 0.25) is 0 Å². The van der Waals surface area contributed by atoms with E-state index in [1.54, 1.807) is 12.1 Å². The number of carbonyl (C=O) groups excluding carboxylic acids is 1. The molecule has 110 valence electrons. The highest BCUT2D eigenvalue weighted by atomic mass is 16.5. The van der Waals surface area contributed by atoms with Crippen LogP contribution in [-0.2, 0) is 4.74 Å². The van der Waals surface area contributed by atoms with Crippen molar-refractivity contribution in [3.05, 3.63) is 29.8 Å². The molecule has 0 aliphatic carbocycles. The third-order valence-electron chi connectivity index (χ3n) is 3.42. The van der Waals surface area contributed by atoms with Crippen LogP contribution in [0.3, 0.4) is 0 Å². The van der Waals surface area contributed by atoms with E-state index in [2.05, 4.69) is 24.1 Å². The number of morpholine rings is 1. The number of nitrogens with zero attached hydrogens (tertiary/aromatic N) is 1. The zero-order chi connectivity index (χ0) is 14.6. The van der Waals surface area contributed by atoms with Crippen molar-refractivity contribution >= 4 is 11.6 Å². The average Bonchev–Trinajstić information content (AvgIpc) is 2.38. The monoisotopic (exact) mass is 277 g/mol. The zero-order valence-electron chi connectivity index (χ0n) is 12.2. The second kappa shape index (κ2) is 6.24. The molecular formula is C15H23N3O2. The van der Waals surface area contributed by atoms with Crippen molar-refractivity contribution in [3.8, 4) is 0 Å². The average molecular weight is 277 g/mol. The van der Waals surface area contributed by atoms with Crippen LogP contribution in [0.1, 0.15) is 24.2 Å². The lowest BCUT2D eigenvalue weighted by molar-refractivity contribution is -0.0853. The first-order chi connectivity index (χ1) is 9.48. The Labute approximate surface area is 120 Å². The van der Waals surface area contributed by atoms with E-state index in [0.717, 1.165) is 26.2 Å². The van der Waals surface area contributed by atoms with Gasteiger partial charge in [-0.2, -0.15) is 0 Å². The molecule has 0 radical (unpaired) electrons. The summed E-state index contributed by atoms with van der Waals surface area (Å²) in [6.45, 7) is 8.15. The van der Waals surface area contributed by atoms with Gasteiger partial charge in [0.15, 0.2) is 0 Å². The standard InChI is InChI=1S/C15H23N3O2/c1-15(2)11-18(9-10-20-15)8-7-17-14(19)12-5-3-4-6-13(12)16/h3-6H,7-11,16H2,1-2H3,(H,17,19). The lowest BCUT2D eigenvalue weighted by atomic mass is 10.1. The van der Waals surface area contributed by atoms with Crippen LogP contribution in [0.4, 0.5) is 5.69 Å². The fraction of sp³-hybridized carbons (Fsp3) is 0.533. The molecule has 1 amide bonds. The molecule has 0 spiro atoms. The SMILES string of the molecule is CC1(C)CN(CCNC(=O)c2ccccc2N)CCO1. The largest absolute Gasteiger partial charge is 0.398 e. The molecule has 5 heteroatoms. The van der Waals surface area contributed by atoms with Crippen molar-refractivity contribution in [2.75, 3.05) is 38.5 Å². The summed E-state index contributed by atoms with van der Waals surface area (Å²) in [5, 5.41) is 2.91. The summed E-state index contributed by atoms with van der Waals surface area (Å²) in [6, 6.07) is 7.11. The van der Waals surface area contributed by atoms with Crippen molar-refractivity contribution in [2.24, 2.45) is 0 Å². The highest BCUT2D eigenvalue weighted by molar-refractivity contribution is 5.99. The maximum Gasteiger partial charge on any atom is 0.253 e. The molecule has 1 aliphatic heterocycles. The summed E-state index contributed by atoms with van der Waals surface area (Å²) in [4.78, 5) is 14.3. The van der Waals surface area contributed by atoms with Crippen LogP contribution in [0.25, 0.3) is 0 Å². The normalized spacial score (nSPS) is 18.7. The van der Waals surface area contributed by atoms with Gasteiger partial charge in [-0.15, -0.1) is 0 Å². The molecule has 1 aliphatic rings. The molecule has 20 heavy (non-hydrogen) atoms. The molecule has 1 fully saturated rings. The molecule has 5 nitrogen and oxygen atoms in total. The van der Waals surface area contributed by atoms with E-state index in [9.17, 15) is 4.79 Å². The van der Waals surface area contributed by atoms with Crippen LogP contribution in [0.15, 0.2) is 24.3 Å². The molecule has 0 saturated carbocycles. The third-order valence-corrected chi connectivity index (χ3v) is 3.42. The Hall–Kier alpha value is -1.59. The second-order valence-electron chi connectivity index (χ2n) is 5.73. The number of carbonyl (C=O) groups is 1. The molecule has 1 aromatic carbocycles. The summed E-state index contributed by atoms with van der Waals surface area (Å²) in [5.74, 6) is -0.115. The highest BCUT2D eigenvalue weighted by Gasteiger charge is 2.26. The van der Waals surface area contributed by atoms with Crippen molar-refractivity contribution < 1.29 is 9.53 Å². The molecular weight excluding hydrogens is 254 g/mol. The molecule has 1 saturated heterocycles. The molecule has 2 rings (SSSR count). The number of amides is 1. The van der Waals surface area contributed by atoms with Gasteiger partial charge in [-0.3, -0.25) is 9.69 Å². The first-order valence-corrected chi connectivity index (χ1v) is 6.97. The summed E-state index contributed by atoms with van der Waals surface area (Å²) >= 11 is 0. The Morgan fingerprint density at radius 3 is 2.90 bits per heavy atom.